The highest BCUT2D eigenvalue weighted by Crippen LogP contribution is 2.23. The van der Waals surface area contributed by atoms with Crippen LogP contribution in [0.1, 0.15) is 19.3 Å². The van der Waals surface area contributed by atoms with Crippen LogP contribution < -0.4 is 9.64 Å². The lowest BCUT2D eigenvalue weighted by atomic mass is 10.3. The molecule has 2 rings (SSSR count). The summed E-state index contributed by atoms with van der Waals surface area (Å²) in [7, 11) is 0. The van der Waals surface area contributed by atoms with E-state index in [2.05, 4.69) is 15.9 Å². The van der Waals surface area contributed by atoms with Gasteiger partial charge < -0.3 is 9.64 Å². The van der Waals surface area contributed by atoms with Crippen molar-refractivity contribution in [3.8, 4) is 5.75 Å². The second kappa shape index (κ2) is 6.26. The maximum Gasteiger partial charge on any atom is 0.133 e. The van der Waals surface area contributed by atoms with Crippen molar-refractivity contribution in [3.05, 3.63) is 28.7 Å². The quantitative estimate of drug-likeness (QED) is 0.816. The van der Waals surface area contributed by atoms with Gasteiger partial charge in [0.2, 0.25) is 0 Å². The molecule has 0 bridgehead atoms. The molecule has 1 aliphatic rings. The molecule has 1 aliphatic heterocycles. The van der Waals surface area contributed by atoms with E-state index in [1.54, 1.807) is 4.90 Å². The Labute approximate surface area is 106 Å². The highest BCUT2D eigenvalue weighted by Gasteiger charge is 2.14. The van der Waals surface area contributed by atoms with Crippen LogP contribution in [-0.2, 0) is 0 Å². The minimum atomic E-state index is 0.826. The van der Waals surface area contributed by atoms with Crippen LogP contribution >= 0.6 is 15.9 Å². The Balaban J connectivity index is 1.66. The molecule has 16 heavy (non-hydrogen) atoms. The van der Waals surface area contributed by atoms with E-state index in [0.29, 0.717) is 0 Å². The Bertz CT molecular complexity index is 323. The average Bonchev–Trinajstić information content (AvgIpc) is 2.79. The molecule has 0 radical (unpaired) electrons. The van der Waals surface area contributed by atoms with Crippen LogP contribution in [0.2, 0.25) is 0 Å². The van der Waals surface area contributed by atoms with E-state index in [4.69, 9.17) is 4.74 Å². The zero-order chi connectivity index (χ0) is 11.2. The molecule has 0 saturated carbocycles. The number of quaternary nitrogens is 1. The summed E-state index contributed by atoms with van der Waals surface area (Å²) in [6.07, 6.45) is 3.96. The molecular formula is C13H19BrNO+. The number of para-hydroxylation sites is 1. The van der Waals surface area contributed by atoms with Gasteiger partial charge in [-0.15, -0.1) is 0 Å². The molecule has 0 aliphatic carbocycles. The summed E-state index contributed by atoms with van der Waals surface area (Å²) < 4.78 is 6.78. The first-order valence-corrected chi connectivity index (χ1v) is 6.86. The maximum absolute atomic E-state index is 5.74. The van der Waals surface area contributed by atoms with E-state index < -0.39 is 0 Å². The lowest BCUT2D eigenvalue weighted by Crippen LogP contribution is -3.10. The van der Waals surface area contributed by atoms with Crippen molar-refractivity contribution in [2.75, 3.05) is 26.2 Å². The molecule has 88 valence electrons. The third-order valence-electron chi connectivity index (χ3n) is 3.08. The van der Waals surface area contributed by atoms with Crippen LogP contribution in [0.3, 0.4) is 0 Å². The lowest BCUT2D eigenvalue weighted by molar-refractivity contribution is -0.887. The van der Waals surface area contributed by atoms with Gasteiger partial charge in [0.15, 0.2) is 0 Å². The van der Waals surface area contributed by atoms with Crippen LogP contribution in [0.4, 0.5) is 0 Å². The summed E-state index contributed by atoms with van der Waals surface area (Å²) in [5, 5.41) is 0. The number of hydrogen-bond acceptors (Lipinski definition) is 1. The van der Waals surface area contributed by atoms with E-state index in [1.807, 2.05) is 24.3 Å². The van der Waals surface area contributed by atoms with Crippen molar-refractivity contribution in [3.63, 3.8) is 0 Å². The molecule has 1 N–H and O–H groups in total. The van der Waals surface area contributed by atoms with Gasteiger partial charge >= 0.3 is 0 Å². The molecular weight excluding hydrogens is 266 g/mol. The summed E-state index contributed by atoms with van der Waals surface area (Å²) in [5.41, 5.74) is 0. The molecule has 1 aromatic carbocycles. The summed E-state index contributed by atoms with van der Waals surface area (Å²) >= 11 is 3.48. The maximum atomic E-state index is 5.74. The predicted octanol–water partition coefficient (Wildman–Crippen LogP) is 1.90. The smallest absolute Gasteiger partial charge is 0.133 e. The Morgan fingerprint density at radius 1 is 1.19 bits per heavy atom. The van der Waals surface area contributed by atoms with Crippen LogP contribution in [0.5, 0.6) is 5.75 Å². The van der Waals surface area contributed by atoms with Crippen molar-refractivity contribution < 1.29 is 9.64 Å². The third kappa shape index (κ3) is 3.49. The van der Waals surface area contributed by atoms with E-state index in [0.717, 1.165) is 23.2 Å². The fourth-order valence-electron chi connectivity index (χ4n) is 2.19. The van der Waals surface area contributed by atoms with Crippen LogP contribution in [-0.4, -0.2) is 26.2 Å². The van der Waals surface area contributed by atoms with Crippen LogP contribution in [0.25, 0.3) is 0 Å². The largest absolute Gasteiger partial charge is 0.492 e. The Morgan fingerprint density at radius 3 is 2.69 bits per heavy atom. The molecule has 0 atom stereocenters. The number of benzene rings is 1. The molecule has 0 spiro atoms. The number of ether oxygens (including phenoxy) is 1. The molecule has 1 fully saturated rings. The van der Waals surface area contributed by atoms with E-state index in [9.17, 15) is 0 Å². The van der Waals surface area contributed by atoms with Gasteiger partial charge in [0.25, 0.3) is 0 Å². The van der Waals surface area contributed by atoms with Gasteiger partial charge in [-0.3, -0.25) is 0 Å². The Hall–Kier alpha value is -0.540. The van der Waals surface area contributed by atoms with Gasteiger partial charge in [-0.1, -0.05) is 12.1 Å². The minimum Gasteiger partial charge on any atom is -0.492 e. The van der Waals surface area contributed by atoms with E-state index in [-0.39, 0.29) is 0 Å². The monoisotopic (exact) mass is 284 g/mol. The average molecular weight is 285 g/mol. The molecule has 3 heteroatoms. The number of rotatable bonds is 5. The standard InChI is InChI=1S/C13H18BrNO/c14-12-6-1-2-7-13(12)16-11-5-10-15-8-3-4-9-15/h1-2,6-7H,3-5,8-11H2/p+1. The normalized spacial score (nSPS) is 16.6. The molecule has 1 aromatic rings. The van der Waals surface area contributed by atoms with E-state index >= 15 is 0 Å². The van der Waals surface area contributed by atoms with Gasteiger partial charge in [0.05, 0.1) is 30.7 Å². The van der Waals surface area contributed by atoms with Crippen molar-refractivity contribution in [2.45, 2.75) is 19.3 Å². The van der Waals surface area contributed by atoms with Gasteiger partial charge in [-0.2, -0.15) is 0 Å². The Morgan fingerprint density at radius 2 is 1.94 bits per heavy atom. The third-order valence-corrected chi connectivity index (χ3v) is 3.73. The molecule has 0 unspecified atom stereocenters. The second-order valence-corrected chi connectivity index (χ2v) is 5.19. The molecule has 1 saturated heterocycles. The highest BCUT2D eigenvalue weighted by molar-refractivity contribution is 9.10. The fraction of sp³-hybridized carbons (Fsp3) is 0.538. The van der Waals surface area contributed by atoms with Crippen molar-refractivity contribution >= 4 is 15.9 Å². The fourth-order valence-corrected chi connectivity index (χ4v) is 2.59. The number of likely N-dealkylation sites (tertiary alicyclic amines) is 1. The summed E-state index contributed by atoms with van der Waals surface area (Å²) in [6.45, 7) is 4.79. The van der Waals surface area contributed by atoms with Crippen LogP contribution in [0.15, 0.2) is 28.7 Å². The number of hydrogen-bond donors (Lipinski definition) is 1. The predicted molar refractivity (Wildman–Crippen MR) is 69.1 cm³/mol. The molecule has 0 aromatic heterocycles. The molecule has 1 heterocycles. The van der Waals surface area contributed by atoms with Crippen molar-refractivity contribution in [1.29, 1.82) is 0 Å². The first-order chi connectivity index (χ1) is 7.86. The Kier molecular flexibility index (Phi) is 4.67. The number of nitrogens with one attached hydrogen (secondary N) is 1. The second-order valence-electron chi connectivity index (χ2n) is 4.34. The van der Waals surface area contributed by atoms with Crippen LogP contribution in [0, 0.1) is 0 Å². The summed E-state index contributed by atoms with van der Waals surface area (Å²) in [4.78, 5) is 1.75. The first-order valence-electron chi connectivity index (χ1n) is 6.07. The topological polar surface area (TPSA) is 13.7 Å². The van der Waals surface area contributed by atoms with Gasteiger partial charge in [-0.25, -0.2) is 0 Å². The van der Waals surface area contributed by atoms with Gasteiger partial charge in [0, 0.05) is 19.3 Å². The van der Waals surface area contributed by atoms with Crippen molar-refractivity contribution in [2.24, 2.45) is 0 Å². The zero-order valence-electron chi connectivity index (χ0n) is 9.55. The highest BCUT2D eigenvalue weighted by atomic mass is 79.9. The first kappa shape index (κ1) is 11.9. The lowest BCUT2D eigenvalue weighted by Gasteiger charge is -2.12. The van der Waals surface area contributed by atoms with E-state index in [1.165, 1.54) is 32.5 Å². The zero-order valence-corrected chi connectivity index (χ0v) is 11.1. The van der Waals surface area contributed by atoms with Gasteiger partial charge in [-0.05, 0) is 28.1 Å². The molecule has 2 nitrogen and oxygen atoms in total. The number of halogens is 1. The molecule has 0 amide bonds. The van der Waals surface area contributed by atoms with Gasteiger partial charge in [0.1, 0.15) is 5.75 Å². The summed E-state index contributed by atoms with van der Waals surface area (Å²) in [6, 6.07) is 8.03. The minimum absolute atomic E-state index is 0.826. The SMILES string of the molecule is Brc1ccccc1OCCC[NH+]1CCCC1. The summed E-state index contributed by atoms with van der Waals surface area (Å²) in [5.74, 6) is 0.957. The van der Waals surface area contributed by atoms with Crippen molar-refractivity contribution in [1.82, 2.24) is 0 Å².